The minimum absolute atomic E-state index is 0.0172. The molecule has 1 amide bonds. The Kier molecular flexibility index (Phi) is 6.63. The second kappa shape index (κ2) is 8.70. The Morgan fingerprint density at radius 3 is 2.75 bits per heavy atom. The first kappa shape index (κ1) is 18.3. The second-order valence-corrected chi connectivity index (χ2v) is 6.74. The summed E-state index contributed by atoms with van der Waals surface area (Å²) in [7, 11) is 0. The maximum atomic E-state index is 12.0. The summed E-state index contributed by atoms with van der Waals surface area (Å²) in [6.07, 6.45) is 0. The van der Waals surface area contributed by atoms with Gasteiger partial charge in [-0.2, -0.15) is 11.8 Å². The number of aryl methyl sites for hydroxylation is 1. The number of amides is 1. The Bertz CT molecular complexity index is 752. The number of hydrogen-bond donors (Lipinski definition) is 1. The number of nitrogens with one attached hydrogen (secondary N) is 1. The molecule has 5 nitrogen and oxygen atoms in total. The topological polar surface area (TPSA) is 72.2 Å². The van der Waals surface area contributed by atoms with E-state index in [-0.39, 0.29) is 11.6 Å². The molecule has 0 heterocycles. The minimum Gasteiger partial charge on any atom is -0.351 e. The predicted octanol–water partition coefficient (Wildman–Crippen LogP) is 4.22. The van der Waals surface area contributed by atoms with Gasteiger partial charge in [-0.05, 0) is 36.8 Å². The lowest BCUT2D eigenvalue weighted by molar-refractivity contribution is -0.385. The van der Waals surface area contributed by atoms with E-state index in [1.807, 2.05) is 24.3 Å². The quantitative estimate of drug-likeness (QED) is 0.453. The van der Waals surface area contributed by atoms with Gasteiger partial charge in [-0.3, -0.25) is 14.9 Å². The van der Waals surface area contributed by atoms with E-state index in [1.165, 1.54) is 18.2 Å². The number of nitro groups is 1. The van der Waals surface area contributed by atoms with Gasteiger partial charge in [0.25, 0.3) is 11.6 Å². The van der Waals surface area contributed by atoms with Crippen molar-refractivity contribution in [3.63, 3.8) is 0 Å². The number of halogens is 1. The predicted molar refractivity (Wildman–Crippen MR) is 97.8 cm³/mol. The zero-order valence-corrected chi connectivity index (χ0v) is 14.7. The van der Waals surface area contributed by atoms with Crippen molar-refractivity contribution in [2.45, 2.75) is 12.7 Å². The van der Waals surface area contributed by atoms with Crippen LogP contribution < -0.4 is 5.32 Å². The van der Waals surface area contributed by atoms with Gasteiger partial charge in [0.05, 0.1) is 4.92 Å². The van der Waals surface area contributed by atoms with Gasteiger partial charge in [0.2, 0.25) is 0 Å². The van der Waals surface area contributed by atoms with E-state index in [1.54, 1.807) is 18.7 Å². The summed E-state index contributed by atoms with van der Waals surface area (Å²) in [5.41, 5.74) is 2.06. The van der Waals surface area contributed by atoms with Gasteiger partial charge >= 0.3 is 0 Å². The van der Waals surface area contributed by atoms with Crippen LogP contribution >= 0.6 is 23.4 Å². The van der Waals surface area contributed by atoms with Crippen molar-refractivity contribution in [1.82, 2.24) is 5.32 Å². The molecule has 2 aromatic carbocycles. The van der Waals surface area contributed by atoms with Crippen molar-refractivity contribution in [2.75, 3.05) is 12.3 Å². The minimum atomic E-state index is -0.455. The van der Waals surface area contributed by atoms with Crippen LogP contribution in [0.3, 0.4) is 0 Å². The average Bonchev–Trinajstić information content (AvgIpc) is 2.54. The van der Waals surface area contributed by atoms with E-state index >= 15 is 0 Å². The fraction of sp³-hybridized carbons (Fsp3) is 0.235. The lowest BCUT2D eigenvalue weighted by atomic mass is 10.1. The molecule has 0 aromatic heterocycles. The van der Waals surface area contributed by atoms with Gasteiger partial charge in [0.15, 0.2) is 0 Å². The third kappa shape index (κ3) is 5.25. The monoisotopic (exact) mass is 364 g/mol. The van der Waals surface area contributed by atoms with Crippen molar-refractivity contribution >= 4 is 35.0 Å². The highest BCUT2D eigenvalue weighted by atomic mass is 35.5. The van der Waals surface area contributed by atoms with Crippen LogP contribution in [0.15, 0.2) is 42.5 Å². The number of benzene rings is 2. The fourth-order valence-electron chi connectivity index (χ4n) is 2.16. The summed E-state index contributed by atoms with van der Waals surface area (Å²) < 4.78 is 0. The largest absolute Gasteiger partial charge is 0.351 e. The first-order valence-electron chi connectivity index (χ1n) is 7.33. The van der Waals surface area contributed by atoms with Crippen molar-refractivity contribution in [3.05, 3.63) is 74.3 Å². The van der Waals surface area contributed by atoms with E-state index < -0.39 is 4.92 Å². The fourth-order valence-corrected chi connectivity index (χ4v) is 3.18. The van der Waals surface area contributed by atoms with Gasteiger partial charge in [-0.1, -0.05) is 23.7 Å². The van der Waals surface area contributed by atoms with Crippen LogP contribution in [0.5, 0.6) is 0 Å². The first-order chi connectivity index (χ1) is 11.5. The molecule has 0 aliphatic rings. The highest BCUT2D eigenvalue weighted by Gasteiger charge is 2.13. The molecule has 0 radical (unpaired) electrons. The lowest BCUT2D eigenvalue weighted by Crippen LogP contribution is -2.25. The Balaban J connectivity index is 1.77. The number of rotatable bonds is 7. The van der Waals surface area contributed by atoms with Crippen LogP contribution in [-0.4, -0.2) is 23.1 Å². The summed E-state index contributed by atoms with van der Waals surface area (Å²) in [6, 6.07) is 12.0. The van der Waals surface area contributed by atoms with Crippen molar-refractivity contribution in [3.8, 4) is 0 Å². The molecular formula is C17H17ClN2O3S. The van der Waals surface area contributed by atoms with E-state index in [4.69, 9.17) is 11.6 Å². The molecular weight excluding hydrogens is 348 g/mol. The van der Waals surface area contributed by atoms with E-state index in [0.717, 1.165) is 22.1 Å². The van der Waals surface area contributed by atoms with Crippen molar-refractivity contribution in [1.29, 1.82) is 0 Å². The van der Waals surface area contributed by atoms with Crippen LogP contribution in [0.4, 0.5) is 5.69 Å². The van der Waals surface area contributed by atoms with Gasteiger partial charge < -0.3 is 5.32 Å². The number of nitro benzene ring substituents is 1. The van der Waals surface area contributed by atoms with Crippen LogP contribution in [0.2, 0.25) is 5.02 Å². The molecule has 2 rings (SSSR count). The normalized spacial score (nSPS) is 10.4. The molecule has 7 heteroatoms. The molecule has 0 aliphatic carbocycles. The maximum Gasteiger partial charge on any atom is 0.272 e. The summed E-state index contributed by atoms with van der Waals surface area (Å²) in [5, 5.41) is 14.3. The van der Waals surface area contributed by atoms with Gasteiger partial charge in [-0.15, -0.1) is 0 Å². The molecule has 0 bridgehead atoms. The molecule has 0 aliphatic heterocycles. The summed E-state index contributed by atoms with van der Waals surface area (Å²) in [4.78, 5) is 22.4. The lowest BCUT2D eigenvalue weighted by Gasteiger charge is -2.06. The van der Waals surface area contributed by atoms with E-state index in [9.17, 15) is 14.9 Å². The van der Waals surface area contributed by atoms with Gasteiger partial charge in [0.1, 0.15) is 0 Å². The Morgan fingerprint density at radius 1 is 1.29 bits per heavy atom. The third-order valence-electron chi connectivity index (χ3n) is 3.35. The van der Waals surface area contributed by atoms with Crippen LogP contribution in [-0.2, 0) is 5.75 Å². The molecule has 24 heavy (non-hydrogen) atoms. The number of carbonyl (C=O) groups excluding carboxylic acids is 1. The molecule has 0 fully saturated rings. The average molecular weight is 365 g/mol. The number of hydrogen-bond acceptors (Lipinski definition) is 4. The Morgan fingerprint density at radius 2 is 2.08 bits per heavy atom. The number of carbonyl (C=O) groups is 1. The van der Waals surface area contributed by atoms with Crippen LogP contribution in [0.1, 0.15) is 21.5 Å². The molecule has 2 aromatic rings. The van der Waals surface area contributed by atoms with Crippen LogP contribution in [0, 0.1) is 17.0 Å². The highest BCUT2D eigenvalue weighted by Crippen LogP contribution is 2.19. The molecule has 0 saturated carbocycles. The standard InChI is InChI=1S/C17H17ClN2O3S/c1-12-9-14(5-6-16(12)20(22)23)17(21)19-7-8-24-11-13-3-2-4-15(18)10-13/h2-6,9-10H,7-8,11H2,1H3,(H,19,21). The van der Waals surface area contributed by atoms with Crippen molar-refractivity contribution < 1.29 is 9.72 Å². The van der Waals surface area contributed by atoms with E-state index in [2.05, 4.69) is 5.32 Å². The van der Waals surface area contributed by atoms with Crippen molar-refractivity contribution in [2.24, 2.45) is 0 Å². The summed E-state index contributed by atoms with van der Waals surface area (Å²) in [5.74, 6) is 1.37. The SMILES string of the molecule is Cc1cc(C(=O)NCCSCc2cccc(Cl)c2)ccc1[N+](=O)[O-]. The smallest absolute Gasteiger partial charge is 0.272 e. The van der Waals surface area contributed by atoms with Gasteiger partial charge in [-0.25, -0.2) is 0 Å². The Hall–Kier alpha value is -2.05. The molecule has 0 saturated heterocycles. The summed E-state index contributed by atoms with van der Waals surface area (Å²) >= 11 is 7.63. The molecule has 0 atom stereocenters. The number of nitrogens with zero attached hydrogens (tertiary/aromatic N) is 1. The van der Waals surface area contributed by atoms with Gasteiger partial charge in [0, 0.05) is 40.3 Å². The third-order valence-corrected chi connectivity index (χ3v) is 4.61. The first-order valence-corrected chi connectivity index (χ1v) is 8.86. The zero-order chi connectivity index (χ0) is 17.5. The molecule has 0 unspecified atom stereocenters. The second-order valence-electron chi connectivity index (χ2n) is 5.20. The maximum absolute atomic E-state index is 12.0. The highest BCUT2D eigenvalue weighted by molar-refractivity contribution is 7.98. The van der Waals surface area contributed by atoms with E-state index in [0.29, 0.717) is 17.7 Å². The van der Waals surface area contributed by atoms with Crippen LogP contribution in [0.25, 0.3) is 0 Å². The Labute approximate surface area is 149 Å². The molecule has 0 spiro atoms. The number of thioether (sulfide) groups is 1. The molecule has 1 N–H and O–H groups in total. The zero-order valence-electron chi connectivity index (χ0n) is 13.1. The molecule has 126 valence electrons. The summed E-state index contributed by atoms with van der Waals surface area (Å²) in [6.45, 7) is 2.15.